The van der Waals surface area contributed by atoms with E-state index < -0.39 is 5.97 Å². The molecule has 5 nitrogen and oxygen atoms in total. The molecular weight excluding hydrogens is 172 g/mol. The smallest absolute Gasteiger partial charge is 0.300 e. The highest BCUT2D eigenvalue weighted by molar-refractivity contribution is 5.62. The zero-order valence-electron chi connectivity index (χ0n) is 8.25. The Balaban J connectivity index is -0.000000116. The molecule has 1 fully saturated rings. The summed E-state index contributed by atoms with van der Waals surface area (Å²) in [7, 11) is 0. The molecule has 1 rings (SSSR count). The SMILES string of the molecule is C1CCOC1.CC#N.CC(=O)O.N. The second-order valence-corrected chi connectivity index (χ2v) is 2.06. The van der Waals surface area contributed by atoms with Crippen molar-refractivity contribution in [2.45, 2.75) is 26.7 Å². The Morgan fingerprint density at radius 1 is 1.46 bits per heavy atom. The minimum absolute atomic E-state index is 0. The van der Waals surface area contributed by atoms with Gasteiger partial charge in [-0.3, -0.25) is 4.79 Å². The predicted molar refractivity (Wildman–Crippen MR) is 49.7 cm³/mol. The van der Waals surface area contributed by atoms with Crippen LogP contribution in [0.4, 0.5) is 0 Å². The Hall–Kier alpha value is -1.12. The third kappa shape index (κ3) is 57.0. The first kappa shape index (κ1) is 17.8. The van der Waals surface area contributed by atoms with Crippen LogP contribution in [0, 0.1) is 11.3 Å². The van der Waals surface area contributed by atoms with Crippen LogP contribution in [0.15, 0.2) is 0 Å². The molecule has 13 heavy (non-hydrogen) atoms. The van der Waals surface area contributed by atoms with Crippen LogP contribution in [0.5, 0.6) is 0 Å². The number of carboxylic acid groups (broad SMARTS) is 1. The van der Waals surface area contributed by atoms with Crippen LogP contribution in [-0.2, 0) is 9.53 Å². The van der Waals surface area contributed by atoms with Crippen molar-refractivity contribution in [3.63, 3.8) is 0 Å². The van der Waals surface area contributed by atoms with Gasteiger partial charge in [-0.05, 0) is 12.8 Å². The van der Waals surface area contributed by atoms with Crippen LogP contribution in [-0.4, -0.2) is 24.3 Å². The van der Waals surface area contributed by atoms with E-state index in [9.17, 15) is 0 Å². The molecule has 0 radical (unpaired) electrons. The van der Waals surface area contributed by atoms with Gasteiger partial charge in [-0.25, -0.2) is 0 Å². The van der Waals surface area contributed by atoms with Crippen LogP contribution >= 0.6 is 0 Å². The number of rotatable bonds is 0. The van der Waals surface area contributed by atoms with E-state index in [1.165, 1.54) is 19.8 Å². The molecule has 1 aliphatic rings. The number of hydrogen-bond acceptors (Lipinski definition) is 4. The normalized spacial score (nSPS) is 11.8. The summed E-state index contributed by atoms with van der Waals surface area (Å²) in [6, 6.07) is 1.75. The summed E-state index contributed by atoms with van der Waals surface area (Å²) in [6.45, 7) is 4.51. The number of ether oxygens (including phenoxy) is 1. The predicted octanol–water partition coefficient (Wildman–Crippen LogP) is 1.58. The van der Waals surface area contributed by atoms with Crippen molar-refractivity contribution in [3.05, 3.63) is 0 Å². The van der Waals surface area contributed by atoms with Crippen molar-refractivity contribution in [2.75, 3.05) is 13.2 Å². The highest BCUT2D eigenvalue weighted by Gasteiger charge is 1.94. The van der Waals surface area contributed by atoms with Crippen LogP contribution in [0.25, 0.3) is 0 Å². The summed E-state index contributed by atoms with van der Waals surface area (Å²) < 4.78 is 4.94. The fourth-order valence-corrected chi connectivity index (χ4v) is 0.510. The topological polar surface area (TPSA) is 105 Å². The zero-order valence-corrected chi connectivity index (χ0v) is 8.25. The maximum atomic E-state index is 9.00. The van der Waals surface area contributed by atoms with Gasteiger partial charge in [0.25, 0.3) is 5.97 Å². The van der Waals surface area contributed by atoms with E-state index in [1.807, 2.05) is 0 Å². The monoisotopic (exact) mass is 190 g/mol. The van der Waals surface area contributed by atoms with Crippen LogP contribution in [0.2, 0.25) is 0 Å². The van der Waals surface area contributed by atoms with Crippen molar-refractivity contribution in [3.8, 4) is 6.07 Å². The van der Waals surface area contributed by atoms with Crippen LogP contribution < -0.4 is 6.15 Å². The number of hydrogen-bond donors (Lipinski definition) is 2. The van der Waals surface area contributed by atoms with Crippen LogP contribution in [0.1, 0.15) is 26.7 Å². The molecule has 0 atom stereocenters. The number of carboxylic acids is 1. The zero-order chi connectivity index (χ0) is 9.82. The molecule has 1 saturated heterocycles. The van der Waals surface area contributed by atoms with Gasteiger partial charge in [0.1, 0.15) is 0 Å². The molecule has 1 heterocycles. The number of carbonyl (C=O) groups is 1. The molecule has 0 aromatic rings. The number of nitriles is 1. The van der Waals surface area contributed by atoms with Gasteiger partial charge >= 0.3 is 0 Å². The van der Waals surface area contributed by atoms with E-state index in [0.29, 0.717) is 0 Å². The van der Waals surface area contributed by atoms with Crippen LogP contribution in [0.3, 0.4) is 0 Å². The maximum Gasteiger partial charge on any atom is 0.300 e. The van der Waals surface area contributed by atoms with Crippen molar-refractivity contribution in [2.24, 2.45) is 0 Å². The van der Waals surface area contributed by atoms with E-state index >= 15 is 0 Å². The molecule has 0 aliphatic carbocycles. The third-order valence-electron chi connectivity index (χ3n) is 0.827. The molecule has 0 spiro atoms. The first-order valence-corrected chi connectivity index (χ1v) is 3.73. The molecule has 0 amide bonds. The summed E-state index contributed by atoms with van der Waals surface area (Å²) in [5.74, 6) is -0.833. The Labute approximate surface area is 78.9 Å². The summed E-state index contributed by atoms with van der Waals surface area (Å²) in [5, 5.41) is 14.7. The molecule has 78 valence electrons. The van der Waals surface area contributed by atoms with E-state index in [-0.39, 0.29) is 6.15 Å². The number of aliphatic carboxylic acids is 1. The average Bonchev–Trinajstić information content (AvgIpc) is 2.40. The van der Waals surface area contributed by atoms with Gasteiger partial charge in [-0.2, -0.15) is 5.26 Å². The number of nitrogens with zero attached hydrogens (tertiary/aromatic N) is 1. The Morgan fingerprint density at radius 2 is 1.69 bits per heavy atom. The minimum Gasteiger partial charge on any atom is -0.481 e. The maximum absolute atomic E-state index is 9.00. The Bertz CT molecular complexity index is 127. The largest absolute Gasteiger partial charge is 0.481 e. The van der Waals surface area contributed by atoms with Crippen molar-refractivity contribution in [1.29, 1.82) is 5.26 Å². The second kappa shape index (κ2) is 17.1. The van der Waals surface area contributed by atoms with E-state index in [1.54, 1.807) is 6.07 Å². The van der Waals surface area contributed by atoms with Gasteiger partial charge in [0.05, 0.1) is 6.07 Å². The molecule has 5 heteroatoms. The van der Waals surface area contributed by atoms with E-state index in [0.717, 1.165) is 20.1 Å². The lowest BCUT2D eigenvalue weighted by Gasteiger charge is -1.76. The fraction of sp³-hybridized carbons (Fsp3) is 0.750. The molecule has 1 aliphatic heterocycles. The second-order valence-electron chi connectivity index (χ2n) is 2.06. The quantitative estimate of drug-likeness (QED) is 0.603. The summed E-state index contributed by atoms with van der Waals surface area (Å²) in [4.78, 5) is 9.00. The molecule has 4 N–H and O–H groups in total. The molecule has 0 unspecified atom stereocenters. The molecular formula is C8H18N2O3. The Morgan fingerprint density at radius 3 is 1.77 bits per heavy atom. The lowest BCUT2D eigenvalue weighted by atomic mass is 10.4. The first-order valence-electron chi connectivity index (χ1n) is 3.73. The highest BCUT2D eigenvalue weighted by atomic mass is 16.5. The average molecular weight is 190 g/mol. The van der Waals surface area contributed by atoms with Gasteiger partial charge in [-0.15, -0.1) is 0 Å². The molecule has 0 aromatic heterocycles. The van der Waals surface area contributed by atoms with E-state index in [2.05, 4.69) is 0 Å². The molecule has 0 bridgehead atoms. The summed E-state index contributed by atoms with van der Waals surface area (Å²) in [5.41, 5.74) is 0. The summed E-state index contributed by atoms with van der Waals surface area (Å²) >= 11 is 0. The first-order chi connectivity index (χ1) is 5.65. The lowest BCUT2D eigenvalue weighted by molar-refractivity contribution is -0.134. The van der Waals surface area contributed by atoms with Gasteiger partial charge in [0, 0.05) is 27.1 Å². The van der Waals surface area contributed by atoms with Gasteiger partial charge < -0.3 is 16.0 Å². The standard InChI is InChI=1S/C4H8O.C2H3N.C2H4O2.H3N/c1-2-4-5-3-1;1-2-3;1-2(3)4;/h1-4H2;1H3;1H3,(H,3,4);1H3. The van der Waals surface area contributed by atoms with Crippen molar-refractivity contribution in [1.82, 2.24) is 6.15 Å². The minimum atomic E-state index is -0.833. The van der Waals surface area contributed by atoms with Gasteiger partial charge in [-0.1, -0.05) is 0 Å². The van der Waals surface area contributed by atoms with Gasteiger partial charge in [0.2, 0.25) is 0 Å². The third-order valence-corrected chi connectivity index (χ3v) is 0.827. The van der Waals surface area contributed by atoms with Gasteiger partial charge in [0.15, 0.2) is 0 Å². The van der Waals surface area contributed by atoms with E-state index in [4.69, 9.17) is 19.9 Å². The molecule has 0 saturated carbocycles. The highest BCUT2D eigenvalue weighted by Crippen LogP contribution is 1.98. The van der Waals surface area contributed by atoms with Crippen molar-refractivity contribution < 1.29 is 14.6 Å². The Kier molecular flexibility index (Phi) is 23.5. The fourth-order valence-electron chi connectivity index (χ4n) is 0.510. The van der Waals surface area contributed by atoms with Crippen molar-refractivity contribution >= 4 is 5.97 Å². The molecule has 0 aromatic carbocycles. The summed E-state index contributed by atoms with van der Waals surface area (Å²) in [6.07, 6.45) is 2.56. The lowest BCUT2D eigenvalue weighted by Crippen LogP contribution is -1.78.